The fourth-order valence-electron chi connectivity index (χ4n) is 3.96. The summed E-state index contributed by atoms with van der Waals surface area (Å²) in [5, 5.41) is 19.6. The van der Waals surface area contributed by atoms with Crippen LogP contribution in [0.4, 0.5) is 4.39 Å². The summed E-state index contributed by atoms with van der Waals surface area (Å²) in [5.74, 6) is -2.38. The standard InChI is InChI=1S/C21H26FN3O4/c1-14(2)12-23-7-9-24(10-8-23)20(21(28)29)17-13-25(6-5-19(26)27)18-11-15(22)3-4-16(17)18/h3-4,11,13,20H,1,5-10,12H2,2H3,(H,26,27)(H,28,29)/t20-/m1/s1. The van der Waals surface area contributed by atoms with Crippen LogP contribution in [0.25, 0.3) is 10.9 Å². The molecule has 0 radical (unpaired) electrons. The molecule has 1 aromatic heterocycles. The highest BCUT2D eigenvalue weighted by molar-refractivity contribution is 5.90. The van der Waals surface area contributed by atoms with Crippen molar-refractivity contribution in [3.8, 4) is 0 Å². The van der Waals surface area contributed by atoms with Crippen molar-refractivity contribution in [2.75, 3.05) is 32.7 Å². The Labute approximate surface area is 168 Å². The molecule has 3 rings (SSSR count). The van der Waals surface area contributed by atoms with E-state index in [0.29, 0.717) is 29.6 Å². The molecule has 1 saturated heterocycles. The Hall–Kier alpha value is -2.71. The minimum Gasteiger partial charge on any atom is -0.481 e. The van der Waals surface area contributed by atoms with E-state index in [1.165, 1.54) is 12.1 Å². The van der Waals surface area contributed by atoms with Crippen LogP contribution in [0, 0.1) is 5.82 Å². The van der Waals surface area contributed by atoms with Crippen molar-refractivity contribution in [2.24, 2.45) is 0 Å². The van der Waals surface area contributed by atoms with Gasteiger partial charge in [-0.25, -0.2) is 4.39 Å². The molecule has 0 saturated carbocycles. The van der Waals surface area contributed by atoms with Gasteiger partial charge >= 0.3 is 11.9 Å². The lowest BCUT2D eigenvalue weighted by Crippen LogP contribution is -2.49. The monoisotopic (exact) mass is 403 g/mol. The van der Waals surface area contributed by atoms with Gasteiger partial charge in [0.15, 0.2) is 0 Å². The molecule has 1 fully saturated rings. The normalized spacial score (nSPS) is 16.8. The summed E-state index contributed by atoms with van der Waals surface area (Å²) in [5.41, 5.74) is 2.14. The molecule has 0 bridgehead atoms. The molecule has 2 N–H and O–H groups in total. The number of nitrogens with zero attached hydrogens (tertiary/aromatic N) is 3. The molecule has 0 spiro atoms. The molecule has 1 aliphatic heterocycles. The highest BCUT2D eigenvalue weighted by Crippen LogP contribution is 2.32. The zero-order valence-corrected chi connectivity index (χ0v) is 16.5. The third kappa shape index (κ3) is 4.83. The number of piperazine rings is 1. The second kappa shape index (κ2) is 8.75. The third-order valence-electron chi connectivity index (χ3n) is 5.24. The van der Waals surface area contributed by atoms with Crippen molar-refractivity contribution in [3.63, 3.8) is 0 Å². The van der Waals surface area contributed by atoms with E-state index in [4.69, 9.17) is 5.11 Å². The Morgan fingerprint density at radius 1 is 1.21 bits per heavy atom. The van der Waals surface area contributed by atoms with E-state index in [-0.39, 0.29) is 13.0 Å². The van der Waals surface area contributed by atoms with Crippen molar-refractivity contribution >= 4 is 22.8 Å². The average Bonchev–Trinajstić information content (AvgIpc) is 2.98. The van der Waals surface area contributed by atoms with Crippen molar-refractivity contribution in [2.45, 2.75) is 25.9 Å². The Bertz CT molecular complexity index is 931. The molecule has 156 valence electrons. The average molecular weight is 403 g/mol. The number of hydrogen-bond acceptors (Lipinski definition) is 4. The van der Waals surface area contributed by atoms with Crippen LogP contribution in [-0.4, -0.2) is 69.2 Å². The Kier molecular flexibility index (Phi) is 6.34. The lowest BCUT2D eigenvalue weighted by Gasteiger charge is -2.37. The number of fused-ring (bicyclic) bond motifs is 1. The Morgan fingerprint density at radius 2 is 1.90 bits per heavy atom. The minimum atomic E-state index is -0.972. The Morgan fingerprint density at radius 3 is 2.48 bits per heavy atom. The lowest BCUT2D eigenvalue weighted by atomic mass is 10.0. The number of halogens is 1. The molecule has 7 nitrogen and oxygen atoms in total. The number of carbonyl (C=O) groups is 2. The largest absolute Gasteiger partial charge is 0.481 e. The van der Waals surface area contributed by atoms with Crippen molar-refractivity contribution in [1.29, 1.82) is 0 Å². The summed E-state index contributed by atoms with van der Waals surface area (Å²) in [6.45, 7) is 9.50. The number of hydrogen-bond donors (Lipinski definition) is 2. The van der Waals surface area contributed by atoms with Crippen LogP contribution < -0.4 is 0 Å². The van der Waals surface area contributed by atoms with Gasteiger partial charge in [0.25, 0.3) is 0 Å². The summed E-state index contributed by atoms with van der Waals surface area (Å²) in [7, 11) is 0. The highest BCUT2D eigenvalue weighted by atomic mass is 19.1. The summed E-state index contributed by atoms with van der Waals surface area (Å²) >= 11 is 0. The number of aromatic nitrogens is 1. The highest BCUT2D eigenvalue weighted by Gasteiger charge is 2.32. The van der Waals surface area contributed by atoms with E-state index in [1.807, 2.05) is 11.8 Å². The molecule has 0 unspecified atom stereocenters. The maximum atomic E-state index is 13.8. The van der Waals surface area contributed by atoms with Gasteiger partial charge in [-0.3, -0.25) is 19.4 Å². The lowest BCUT2D eigenvalue weighted by molar-refractivity contribution is -0.144. The van der Waals surface area contributed by atoms with E-state index < -0.39 is 23.8 Å². The minimum absolute atomic E-state index is 0.128. The third-order valence-corrected chi connectivity index (χ3v) is 5.24. The number of aliphatic carboxylic acids is 2. The van der Waals surface area contributed by atoms with Gasteiger partial charge < -0.3 is 14.8 Å². The van der Waals surface area contributed by atoms with Crippen molar-refractivity contribution in [3.05, 3.63) is 47.9 Å². The summed E-state index contributed by atoms with van der Waals surface area (Å²) in [6.07, 6.45) is 1.53. The van der Waals surface area contributed by atoms with Gasteiger partial charge in [0.2, 0.25) is 0 Å². The SMILES string of the molecule is C=C(C)CN1CCN([C@@H](C(=O)O)c2cn(CCC(=O)O)c3cc(F)ccc23)CC1. The van der Waals surface area contributed by atoms with Crippen molar-refractivity contribution < 1.29 is 24.2 Å². The maximum absolute atomic E-state index is 13.8. The molecular formula is C21H26FN3O4. The van der Waals surface area contributed by atoms with Crippen LogP contribution in [0.3, 0.4) is 0 Å². The maximum Gasteiger partial charge on any atom is 0.325 e. The molecule has 29 heavy (non-hydrogen) atoms. The number of aryl methyl sites for hydroxylation is 1. The van der Waals surface area contributed by atoms with Crippen LogP contribution in [0.2, 0.25) is 0 Å². The van der Waals surface area contributed by atoms with E-state index in [9.17, 15) is 19.1 Å². The van der Waals surface area contributed by atoms with E-state index in [1.54, 1.807) is 16.8 Å². The quantitative estimate of drug-likeness (QED) is 0.659. The zero-order valence-electron chi connectivity index (χ0n) is 16.5. The topological polar surface area (TPSA) is 86.0 Å². The summed E-state index contributed by atoms with van der Waals surface area (Å²) in [6, 6.07) is 3.33. The van der Waals surface area contributed by atoms with Crippen LogP contribution in [0.5, 0.6) is 0 Å². The van der Waals surface area contributed by atoms with E-state index in [0.717, 1.165) is 25.2 Å². The van der Waals surface area contributed by atoms with E-state index in [2.05, 4.69) is 11.5 Å². The zero-order chi connectivity index (χ0) is 21.1. The van der Waals surface area contributed by atoms with Gasteiger partial charge in [0.05, 0.1) is 11.9 Å². The number of carboxylic acids is 2. The van der Waals surface area contributed by atoms with Gasteiger partial charge in [0.1, 0.15) is 11.9 Å². The predicted octanol–water partition coefficient (Wildman–Crippen LogP) is 2.57. The molecule has 8 heteroatoms. The number of rotatable bonds is 8. The second-order valence-electron chi connectivity index (χ2n) is 7.59. The van der Waals surface area contributed by atoms with Crippen LogP contribution in [0.15, 0.2) is 36.5 Å². The number of carboxylic acid groups (broad SMARTS) is 2. The molecule has 0 aliphatic carbocycles. The summed E-state index contributed by atoms with van der Waals surface area (Å²) in [4.78, 5) is 27.3. The molecule has 1 aromatic carbocycles. The smallest absolute Gasteiger partial charge is 0.325 e. The van der Waals surface area contributed by atoms with Crippen molar-refractivity contribution in [1.82, 2.24) is 14.4 Å². The van der Waals surface area contributed by atoms with Crippen LogP contribution in [-0.2, 0) is 16.1 Å². The summed E-state index contributed by atoms with van der Waals surface area (Å²) < 4.78 is 15.5. The van der Waals surface area contributed by atoms with Crippen LogP contribution in [0.1, 0.15) is 24.9 Å². The Balaban J connectivity index is 1.92. The molecule has 0 amide bonds. The molecule has 1 atom stereocenters. The molecule has 1 aliphatic rings. The molecular weight excluding hydrogens is 377 g/mol. The molecule has 2 heterocycles. The fourth-order valence-corrected chi connectivity index (χ4v) is 3.96. The van der Waals surface area contributed by atoms with Gasteiger partial charge in [0, 0.05) is 56.4 Å². The first-order valence-corrected chi connectivity index (χ1v) is 9.60. The molecule has 2 aromatic rings. The first kappa shape index (κ1) is 21.0. The second-order valence-corrected chi connectivity index (χ2v) is 7.59. The van der Waals surface area contributed by atoms with Gasteiger partial charge in [-0.15, -0.1) is 0 Å². The van der Waals surface area contributed by atoms with Crippen LogP contribution >= 0.6 is 0 Å². The first-order chi connectivity index (χ1) is 13.8. The van der Waals surface area contributed by atoms with Gasteiger partial charge in [-0.05, 0) is 25.1 Å². The predicted molar refractivity (Wildman–Crippen MR) is 107 cm³/mol. The fraction of sp³-hybridized carbons (Fsp3) is 0.429. The van der Waals surface area contributed by atoms with Gasteiger partial charge in [-0.2, -0.15) is 0 Å². The first-order valence-electron chi connectivity index (χ1n) is 9.60. The van der Waals surface area contributed by atoms with Gasteiger partial charge in [-0.1, -0.05) is 12.2 Å². The number of benzene rings is 1. The van der Waals surface area contributed by atoms with E-state index >= 15 is 0 Å².